The molecule has 1 fully saturated rings. The van der Waals surface area contributed by atoms with Crippen molar-refractivity contribution in [3.05, 3.63) is 0 Å². The van der Waals surface area contributed by atoms with E-state index in [9.17, 15) is 0 Å². The largest absolute Gasteiger partial charge is 0.370 e. The van der Waals surface area contributed by atoms with Gasteiger partial charge in [0.1, 0.15) is 0 Å². The predicted molar refractivity (Wildman–Crippen MR) is 86.8 cm³/mol. The second-order valence-electron chi connectivity index (χ2n) is 8.02. The lowest BCUT2D eigenvalue weighted by molar-refractivity contribution is 0.0602. The molecule has 0 radical (unpaired) electrons. The third-order valence-electron chi connectivity index (χ3n) is 5.86. The molecule has 1 heterocycles. The van der Waals surface area contributed by atoms with Gasteiger partial charge in [-0.3, -0.25) is 4.99 Å². The van der Waals surface area contributed by atoms with E-state index in [1.807, 2.05) is 0 Å². The quantitative estimate of drug-likeness (QED) is 0.853. The molecule has 0 atom stereocenters. The molecule has 1 aliphatic heterocycles. The van der Waals surface area contributed by atoms with Gasteiger partial charge in [-0.2, -0.15) is 0 Å². The van der Waals surface area contributed by atoms with E-state index in [-0.39, 0.29) is 5.54 Å². The normalized spacial score (nSPS) is 31.2. The average molecular weight is 279 g/mol. The van der Waals surface area contributed by atoms with E-state index in [1.165, 1.54) is 32.1 Å². The maximum atomic E-state index is 6.16. The van der Waals surface area contributed by atoms with Crippen LogP contribution < -0.4 is 5.73 Å². The fraction of sp³-hybridized carbons (Fsp3) is 0.941. The summed E-state index contributed by atoms with van der Waals surface area (Å²) in [5.41, 5.74) is 6.88. The Morgan fingerprint density at radius 3 is 2.45 bits per heavy atom. The van der Waals surface area contributed by atoms with Crippen LogP contribution in [-0.4, -0.2) is 29.5 Å². The van der Waals surface area contributed by atoms with E-state index in [4.69, 9.17) is 5.73 Å². The fourth-order valence-electron chi connectivity index (χ4n) is 3.95. The molecule has 1 aliphatic carbocycles. The van der Waals surface area contributed by atoms with Crippen LogP contribution in [0.3, 0.4) is 0 Å². The monoisotopic (exact) mass is 279 g/mol. The Balaban J connectivity index is 2.04. The van der Waals surface area contributed by atoms with E-state index in [0.29, 0.717) is 11.3 Å². The van der Waals surface area contributed by atoms with Crippen molar-refractivity contribution in [2.45, 2.75) is 72.3 Å². The number of rotatable bonds is 4. The molecule has 3 nitrogen and oxygen atoms in total. The molecular weight excluding hydrogens is 246 g/mol. The van der Waals surface area contributed by atoms with Crippen molar-refractivity contribution in [1.29, 1.82) is 0 Å². The molecule has 2 rings (SSSR count). The molecule has 0 bridgehead atoms. The van der Waals surface area contributed by atoms with Crippen LogP contribution in [0, 0.1) is 17.3 Å². The molecule has 0 amide bonds. The Bertz CT molecular complexity index is 362. The lowest BCUT2D eigenvalue weighted by atomic mass is 9.65. The van der Waals surface area contributed by atoms with Gasteiger partial charge >= 0.3 is 0 Å². The summed E-state index contributed by atoms with van der Waals surface area (Å²) in [7, 11) is 0. The van der Waals surface area contributed by atoms with Gasteiger partial charge in [0, 0.05) is 6.54 Å². The highest BCUT2D eigenvalue weighted by atomic mass is 15.4. The molecule has 116 valence electrons. The number of hydrogen-bond acceptors (Lipinski definition) is 3. The van der Waals surface area contributed by atoms with Crippen molar-refractivity contribution >= 4 is 5.96 Å². The zero-order valence-electron chi connectivity index (χ0n) is 14.1. The van der Waals surface area contributed by atoms with E-state index < -0.39 is 0 Å². The number of aliphatic imine (C=N–C) groups is 1. The average Bonchev–Trinajstić information content (AvgIpc) is 2.68. The molecule has 20 heavy (non-hydrogen) atoms. The summed E-state index contributed by atoms with van der Waals surface area (Å²) in [5.74, 6) is 2.29. The van der Waals surface area contributed by atoms with Crippen molar-refractivity contribution in [3.63, 3.8) is 0 Å². The first kappa shape index (κ1) is 15.7. The van der Waals surface area contributed by atoms with Gasteiger partial charge < -0.3 is 10.6 Å². The van der Waals surface area contributed by atoms with Crippen LogP contribution in [0.5, 0.6) is 0 Å². The minimum atomic E-state index is 0.245. The Kier molecular flexibility index (Phi) is 4.36. The highest BCUT2D eigenvalue weighted by Crippen LogP contribution is 2.46. The van der Waals surface area contributed by atoms with Gasteiger partial charge in [-0.15, -0.1) is 0 Å². The van der Waals surface area contributed by atoms with E-state index in [1.54, 1.807) is 0 Å². The van der Waals surface area contributed by atoms with E-state index in [0.717, 1.165) is 25.0 Å². The smallest absolute Gasteiger partial charge is 0.191 e. The van der Waals surface area contributed by atoms with Crippen molar-refractivity contribution in [1.82, 2.24) is 4.90 Å². The first-order valence-corrected chi connectivity index (χ1v) is 8.38. The van der Waals surface area contributed by atoms with Crippen molar-refractivity contribution in [2.75, 3.05) is 13.1 Å². The molecule has 1 saturated carbocycles. The lowest BCUT2D eigenvalue weighted by Gasteiger charge is -2.48. The van der Waals surface area contributed by atoms with Gasteiger partial charge in [0.15, 0.2) is 5.96 Å². The third-order valence-corrected chi connectivity index (χ3v) is 5.86. The molecule has 0 saturated heterocycles. The van der Waals surface area contributed by atoms with Crippen LogP contribution in [0.15, 0.2) is 4.99 Å². The number of nitrogens with two attached hydrogens (primary N) is 1. The van der Waals surface area contributed by atoms with E-state index in [2.05, 4.69) is 44.5 Å². The number of nitrogens with zero attached hydrogens (tertiary/aromatic N) is 2. The molecule has 0 aromatic heterocycles. The molecule has 3 heteroatoms. The summed E-state index contributed by atoms with van der Waals surface area (Å²) in [6.07, 6.45) is 6.46. The zero-order valence-corrected chi connectivity index (χ0v) is 14.1. The lowest BCUT2D eigenvalue weighted by Crippen LogP contribution is -2.55. The minimum absolute atomic E-state index is 0.245. The van der Waals surface area contributed by atoms with Gasteiger partial charge in [-0.25, -0.2) is 0 Å². The Morgan fingerprint density at radius 1 is 1.35 bits per heavy atom. The van der Waals surface area contributed by atoms with Crippen molar-refractivity contribution in [3.8, 4) is 0 Å². The summed E-state index contributed by atoms with van der Waals surface area (Å²) in [5, 5.41) is 0. The summed E-state index contributed by atoms with van der Waals surface area (Å²) in [4.78, 5) is 7.00. The van der Waals surface area contributed by atoms with Crippen LogP contribution >= 0.6 is 0 Å². The zero-order chi connectivity index (χ0) is 15.0. The molecule has 1 spiro atoms. The minimum Gasteiger partial charge on any atom is -0.370 e. The number of guanidine groups is 1. The maximum Gasteiger partial charge on any atom is 0.191 e. The van der Waals surface area contributed by atoms with Crippen LogP contribution in [0.4, 0.5) is 0 Å². The first-order chi connectivity index (χ1) is 9.31. The van der Waals surface area contributed by atoms with Gasteiger partial charge in [0.25, 0.3) is 0 Å². The predicted octanol–water partition coefficient (Wildman–Crippen LogP) is 3.64. The van der Waals surface area contributed by atoms with Crippen LogP contribution in [0.2, 0.25) is 0 Å². The molecule has 2 N–H and O–H groups in total. The second kappa shape index (κ2) is 5.57. The van der Waals surface area contributed by atoms with Gasteiger partial charge in [0.05, 0.1) is 12.1 Å². The van der Waals surface area contributed by atoms with Crippen LogP contribution in [-0.2, 0) is 0 Å². The highest BCUT2D eigenvalue weighted by molar-refractivity contribution is 5.81. The van der Waals surface area contributed by atoms with Gasteiger partial charge in [-0.05, 0) is 42.9 Å². The summed E-state index contributed by atoms with van der Waals surface area (Å²) < 4.78 is 0. The summed E-state index contributed by atoms with van der Waals surface area (Å²) in [6, 6.07) is 0. The number of hydrogen-bond donors (Lipinski definition) is 1. The Labute approximate surface area is 125 Å². The Hall–Kier alpha value is -0.730. The summed E-state index contributed by atoms with van der Waals surface area (Å²) >= 11 is 0. The molecule has 0 unspecified atom stereocenters. The highest BCUT2D eigenvalue weighted by Gasteiger charge is 2.46. The van der Waals surface area contributed by atoms with Crippen molar-refractivity contribution in [2.24, 2.45) is 28.0 Å². The SMILES string of the molecule is CCC(C)(C)C1CCC2(CC1)CN=C(N)N2CC(C)C. The first-order valence-electron chi connectivity index (χ1n) is 8.38. The van der Waals surface area contributed by atoms with Crippen LogP contribution in [0.1, 0.15) is 66.7 Å². The fourth-order valence-corrected chi connectivity index (χ4v) is 3.95. The van der Waals surface area contributed by atoms with Crippen molar-refractivity contribution < 1.29 is 0 Å². The molecule has 0 aromatic carbocycles. The third kappa shape index (κ3) is 2.82. The topological polar surface area (TPSA) is 41.6 Å². The standard InChI is InChI=1S/C17H33N3/c1-6-16(4,5)14-7-9-17(10-8-14)12-19-15(18)20(17)11-13(2)3/h13-14H,6-12H2,1-5H3,(H2,18,19). The van der Waals surface area contributed by atoms with Crippen LogP contribution in [0.25, 0.3) is 0 Å². The van der Waals surface area contributed by atoms with E-state index >= 15 is 0 Å². The second-order valence-corrected chi connectivity index (χ2v) is 8.02. The Morgan fingerprint density at radius 2 is 1.95 bits per heavy atom. The maximum absolute atomic E-state index is 6.16. The summed E-state index contributed by atoms with van der Waals surface area (Å²) in [6.45, 7) is 13.7. The molecule has 0 aromatic rings. The molecular formula is C17H33N3. The van der Waals surface area contributed by atoms with Gasteiger partial charge in [0.2, 0.25) is 0 Å². The van der Waals surface area contributed by atoms with Gasteiger partial charge in [-0.1, -0.05) is 41.0 Å². The molecule has 2 aliphatic rings.